The average molecular weight is 276 g/mol. The SMILES string of the molecule is CC(C)OC(=O)NS(=O)(=O)NCC(F)(F)CO. The van der Waals surface area contributed by atoms with Crippen LogP contribution >= 0.6 is 0 Å². The second kappa shape index (κ2) is 6.07. The van der Waals surface area contributed by atoms with Gasteiger partial charge in [-0.05, 0) is 13.8 Å². The van der Waals surface area contributed by atoms with E-state index in [0.717, 1.165) is 0 Å². The number of rotatable bonds is 6. The highest BCUT2D eigenvalue weighted by Crippen LogP contribution is 2.09. The van der Waals surface area contributed by atoms with Gasteiger partial charge in [-0.25, -0.2) is 18.3 Å². The maximum absolute atomic E-state index is 12.5. The molecule has 0 aliphatic heterocycles. The summed E-state index contributed by atoms with van der Waals surface area (Å²) in [6.45, 7) is 0.138. The van der Waals surface area contributed by atoms with Crippen molar-refractivity contribution in [2.45, 2.75) is 25.9 Å². The van der Waals surface area contributed by atoms with Gasteiger partial charge in [0.1, 0.15) is 6.61 Å². The molecule has 0 radical (unpaired) electrons. The second-order valence-electron chi connectivity index (χ2n) is 3.39. The fourth-order valence-corrected chi connectivity index (χ4v) is 1.38. The number of aliphatic hydroxyl groups excluding tert-OH is 1. The van der Waals surface area contributed by atoms with Crippen LogP contribution in [-0.2, 0) is 14.9 Å². The van der Waals surface area contributed by atoms with Gasteiger partial charge in [-0.15, -0.1) is 0 Å². The lowest BCUT2D eigenvalue weighted by Gasteiger charge is -2.15. The van der Waals surface area contributed by atoms with Crippen molar-refractivity contribution in [2.75, 3.05) is 13.2 Å². The first-order valence-corrected chi connectivity index (χ1v) is 6.03. The summed E-state index contributed by atoms with van der Waals surface area (Å²) in [6, 6.07) is 0. The number of hydrogen-bond donors (Lipinski definition) is 3. The first-order chi connectivity index (χ1) is 7.58. The van der Waals surface area contributed by atoms with Gasteiger partial charge in [0.2, 0.25) is 0 Å². The topological polar surface area (TPSA) is 105 Å². The summed E-state index contributed by atoms with van der Waals surface area (Å²) in [7, 11) is -4.44. The Morgan fingerprint density at radius 2 is 2.00 bits per heavy atom. The third kappa shape index (κ3) is 7.82. The van der Waals surface area contributed by atoms with Gasteiger partial charge >= 0.3 is 16.3 Å². The number of alkyl halides is 2. The van der Waals surface area contributed by atoms with Crippen molar-refractivity contribution in [1.29, 1.82) is 0 Å². The molecule has 0 unspecified atom stereocenters. The maximum atomic E-state index is 12.5. The monoisotopic (exact) mass is 276 g/mol. The molecule has 1 amide bonds. The van der Waals surface area contributed by atoms with Crippen LogP contribution in [0.1, 0.15) is 13.8 Å². The van der Waals surface area contributed by atoms with E-state index in [-0.39, 0.29) is 0 Å². The largest absolute Gasteiger partial charge is 0.446 e. The number of ether oxygens (including phenoxy) is 1. The molecule has 0 rings (SSSR count). The molecule has 0 aromatic carbocycles. The maximum Gasteiger partial charge on any atom is 0.422 e. The Hall–Kier alpha value is -1.00. The number of carbonyl (C=O) groups is 1. The van der Waals surface area contributed by atoms with Crippen LogP contribution in [-0.4, -0.2) is 44.8 Å². The predicted molar refractivity (Wildman–Crippen MR) is 53.7 cm³/mol. The smallest absolute Gasteiger partial charge is 0.422 e. The van der Waals surface area contributed by atoms with Gasteiger partial charge in [-0.2, -0.15) is 13.1 Å². The molecule has 7 nitrogen and oxygen atoms in total. The Bertz CT molecular complexity index is 357. The summed E-state index contributed by atoms with van der Waals surface area (Å²) in [6.07, 6.45) is -1.83. The zero-order chi connectivity index (χ0) is 13.7. The summed E-state index contributed by atoms with van der Waals surface area (Å²) in [5, 5.41) is 8.19. The van der Waals surface area contributed by atoms with Crippen LogP contribution in [0.15, 0.2) is 0 Å². The van der Waals surface area contributed by atoms with E-state index in [1.54, 1.807) is 0 Å². The molecule has 0 atom stereocenters. The number of carbonyl (C=O) groups excluding carboxylic acids is 1. The van der Waals surface area contributed by atoms with Gasteiger partial charge in [-0.3, -0.25) is 0 Å². The molecule has 3 N–H and O–H groups in total. The first-order valence-electron chi connectivity index (χ1n) is 4.55. The molecular weight excluding hydrogens is 262 g/mol. The van der Waals surface area contributed by atoms with Crippen molar-refractivity contribution in [3.8, 4) is 0 Å². The van der Waals surface area contributed by atoms with E-state index in [4.69, 9.17) is 5.11 Å². The number of amides is 1. The Labute approximate surface area is 97.3 Å². The van der Waals surface area contributed by atoms with Gasteiger partial charge in [0, 0.05) is 0 Å². The highest BCUT2D eigenvalue weighted by molar-refractivity contribution is 7.88. The van der Waals surface area contributed by atoms with E-state index in [1.165, 1.54) is 23.3 Å². The van der Waals surface area contributed by atoms with Gasteiger partial charge in [0.25, 0.3) is 5.92 Å². The molecule has 102 valence electrons. The molecule has 17 heavy (non-hydrogen) atoms. The molecule has 0 saturated heterocycles. The number of aliphatic hydroxyl groups is 1. The Morgan fingerprint density at radius 3 is 2.41 bits per heavy atom. The molecular formula is C7H14F2N2O5S. The molecule has 0 aliphatic carbocycles. The number of halogens is 2. The van der Waals surface area contributed by atoms with Crippen LogP contribution in [0.4, 0.5) is 13.6 Å². The number of nitrogens with one attached hydrogen (secondary N) is 2. The third-order valence-electron chi connectivity index (χ3n) is 1.31. The van der Waals surface area contributed by atoms with Crippen molar-refractivity contribution in [3.05, 3.63) is 0 Å². The Morgan fingerprint density at radius 1 is 1.47 bits per heavy atom. The van der Waals surface area contributed by atoms with Crippen molar-refractivity contribution in [1.82, 2.24) is 9.44 Å². The fourth-order valence-electron chi connectivity index (χ4n) is 0.640. The van der Waals surface area contributed by atoms with Crippen LogP contribution in [0, 0.1) is 0 Å². The minimum atomic E-state index is -4.44. The van der Waals surface area contributed by atoms with Crippen LogP contribution in [0.25, 0.3) is 0 Å². The van der Waals surface area contributed by atoms with Crippen molar-refractivity contribution >= 4 is 16.3 Å². The summed E-state index contributed by atoms with van der Waals surface area (Å²) in [4.78, 5) is 10.9. The summed E-state index contributed by atoms with van der Waals surface area (Å²) in [5.74, 6) is -3.60. The summed E-state index contributed by atoms with van der Waals surface area (Å²) in [5.41, 5.74) is 0. The predicted octanol–water partition coefficient (Wildman–Crippen LogP) is -0.417. The van der Waals surface area contributed by atoms with Gasteiger partial charge < -0.3 is 9.84 Å². The van der Waals surface area contributed by atoms with Gasteiger partial charge in [-0.1, -0.05) is 0 Å². The van der Waals surface area contributed by atoms with Crippen LogP contribution < -0.4 is 9.44 Å². The molecule has 10 heteroatoms. The first kappa shape index (κ1) is 16.0. The minimum Gasteiger partial charge on any atom is -0.446 e. The second-order valence-corrected chi connectivity index (χ2v) is 4.89. The zero-order valence-electron chi connectivity index (χ0n) is 9.24. The van der Waals surface area contributed by atoms with Crippen molar-refractivity contribution in [3.63, 3.8) is 0 Å². The Kier molecular flexibility index (Phi) is 5.72. The molecule has 0 saturated carbocycles. The third-order valence-corrected chi connectivity index (χ3v) is 2.27. The van der Waals surface area contributed by atoms with Crippen molar-refractivity contribution in [2.24, 2.45) is 0 Å². The lowest BCUT2D eigenvalue weighted by Crippen LogP contribution is -2.46. The van der Waals surface area contributed by atoms with Crippen LogP contribution in [0.5, 0.6) is 0 Å². The molecule has 0 heterocycles. The fraction of sp³-hybridized carbons (Fsp3) is 0.857. The molecule has 0 aromatic rings. The number of hydrogen-bond acceptors (Lipinski definition) is 5. The summed E-state index contributed by atoms with van der Waals surface area (Å²) < 4.78 is 54.3. The van der Waals surface area contributed by atoms with Crippen LogP contribution in [0.2, 0.25) is 0 Å². The average Bonchev–Trinajstić information content (AvgIpc) is 2.13. The highest BCUT2D eigenvalue weighted by atomic mass is 32.2. The van der Waals surface area contributed by atoms with E-state index in [0.29, 0.717) is 0 Å². The van der Waals surface area contributed by atoms with E-state index < -0.39 is 41.5 Å². The lowest BCUT2D eigenvalue weighted by molar-refractivity contribution is -0.0437. The van der Waals surface area contributed by atoms with Gasteiger partial charge in [0.05, 0.1) is 12.6 Å². The molecule has 0 bridgehead atoms. The lowest BCUT2D eigenvalue weighted by atomic mass is 10.4. The van der Waals surface area contributed by atoms with Crippen molar-refractivity contribution < 1.29 is 31.8 Å². The Balaban J connectivity index is 4.27. The van der Waals surface area contributed by atoms with E-state index in [9.17, 15) is 22.0 Å². The molecule has 0 aromatic heterocycles. The zero-order valence-corrected chi connectivity index (χ0v) is 10.1. The standard InChI is InChI=1S/C7H14F2N2O5S/c1-5(2)16-6(13)11-17(14,15)10-3-7(8,9)4-12/h5,10,12H,3-4H2,1-2H3,(H,11,13). The molecule has 0 aliphatic rings. The minimum absolute atomic E-state index is 0.552. The molecule has 0 spiro atoms. The summed E-state index contributed by atoms with van der Waals surface area (Å²) >= 11 is 0. The van der Waals surface area contributed by atoms with Crippen LogP contribution in [0.3, 0.4) is 0 Å². The normalized spacial score (nSPS) is 12.6. The van der Waals surface area contributed by atoms with E-state index >= 15 is 0 Å². The van der Waals surface area contributed by atoms with E-state index in [1.807, 2.05) is 0 Å². The van der Waals surface area contributed by atoms with Gasteiger partial charge in [0.15, 0.2) is 0 Å². The molecule has 0 fully saturated rings. The quantitative estimate of drug-likeness (QED) is 0.611. The van der Waals surface area contributed by atoms with E-state index in [2.05, 4.69) is 4.74 Å². The highest BCUT2D eigenvalue weighted by Gasteiger charge is 2.30.